The lowest BCUT2D eigenvalue weighted by molar-refractivity contribution is 0.249. The molecule has 1 unspecified atom stereocenters. The Kier molecular flexibility index (Phi) is 6.56. The van der Waals surface area contributed by atoms with Crippen molar-refractivity contribution in [1.82, 2.24) is 20.1 Å². The topological polar surface area (TPSA) is 43.8 Å². The summed E-state index contributed by atoms with van der Waals surface area (Å²) >= 11 is 1.77. The van der Waals surface area contributed by atoms with E-state index < -0.39 is 0 Å². The minimum atomic E-state index is 0.132. The maximum atomic E-state index is 4.90. The Balaban J connectivity index is 1.54. The summed E-state index contributed by atoms with van der Waals surface area (Å²) in [6.45, 7) is 15.4. The van der Waals surface area contributed by atoms with Crippen LogP contribution in [0.25, 0.3) is 0 Å². The molecule has 2 aliphatic rings. The number of hydrogen-bond donors (Lipinski definition) is 1. The highest BCUT2D eigenvalue weighted by Gasteiger charge is 2.30. The highest BCUT2D eigenvalue weighted by molar-refractivity contribution is 7.09. The van der Waals surface area contributed by atoms with E-state index in [1.54, 1.807) is 11.3 Å². The van der Waals surface area contributed by atoms with Crippen molar-refractivity contribution in [3.05, 3.63) is 16.1 Å². The predicted molar refractivity (Wildman–Crippen MR) is 111 cm³/mol. The zero-order valence-corrected chi connectivity index (χ0v) is 17.7. The van der Waals surface area contributed by atoms with Crippen LogP contribution in [0.5, 0.6) is 0 Å². The molecule has 2 fully saturated rings. The zero-order valence-electron chi connectivity index (χ0n) is 16.9. The van der Waals surface area contributed by atoms with Crippen LogP contribution < -0.4 is 5.32 Å². The monoisotopic (exact) mass is 377 g/mol. The van der Waals surface area contributed by atoms with E-state index in [9.17, 15) is 0 Å². The van der Waals surface area contributed by atoms with Crippen LogP contribution in [-0.4, -0.2) is 66.1 Å². The second-order valence-corrected chi connectivity index (χ2v) is 9.44. The fourth-order valence-corrected chi connectivity index (χ4v) is 4.81. The molecule has 0 aromatic carbocycles. The molecule has 2 aliphatic heterocycles. The van der Waals surface area contributed by atoms with Crippen LogP contribution in [0.4, 0.5) is 0 Å². The van der Waals surface area contributed by atoms with Gasteiger partial charge in [-0.2, -0.15) is 0 Å². The number of aliphatic imine (C=N–C) groups is 1. The fourth-order valence-electron chi connectivity index (χ4n) is 3.79. The van der Waals surface area contributed by atoms with Gasteiger partial charge < -0.3 is 10.2 Å². The number of guanidine groups is 1. The summed E-state index contributed by atoms with van der Waals surface area (Å²) < 4.78 is 0. The molecular formula is C20H35N5S. The number of nitrogens with one attached hydrogen (secondary N) is 1. The van der Waals surface area contributed by atoms with E-state index in [2.05, 4.69) is 48.2 Å². The summed E-state index contributed by atoms with van der Waals surface area (Å²) in [6, 6.07) is 0.717. The normalized spacial score (nSPS) is 22.4. The van der Waals surface area contributed by atoms with E-state index in [1.807, 2.05) is 0 Å². The Morgan fingerprint density at radius 2 is 2.08 bits per heavy atom. The van der Waals surface area contributed by atoms with Gasteiger partial charge in [0.05, 0.1) is 10.7 Å². The average Bonchev–Trinajstić information content (AvgIpc) is 3.33. The Morgan fingerprint density at radius 1 is 1.31 bits per heavy atom. The van der Waals surface area contributed by atoms with E-state index in [0.29, 0.717) is 0 Å². The SMILES string of the molecule is CCNC(=NCCc1nc(C(C)(C)C)cs1)N1CCC(N2CCCC2)C1. The average molecular weight is 378 g/mol. The number of rotatable bonds is 5. The summed E-state index contributed by atoms with van der Waals surface area (Å²) in [5.74, 6) is 1.08. The first-order valence-electron chi connectivity index (χ1n) is 10.2. The molecular weight excluding hydrogens is 342 g/mol. The fraction of sp³-hybridized carbons (Fsp3) is 0.800. The summed E-state index contributed by atoms with van der Waals surface area (Å²) in [6.07, 6.45) is 4.94. The molecule has 1 N–H and O–H groups in total. The molecule has 1 aromatic heterocycles. The standard InChI is InChI=1S/C20H35N5S/c1-5-21-19(25-13-9-16(14-25)24-11-6-7-12-24)22-10-8-18-23-17(15-26-18)20(2,3)4/h15-16H,5-14H2,1-4H3,(H,21,22). The quantitative estimate of drug-likeness (QED) is 0.632. The molecule has 3 rings (SSSR count). The van der Waals surface area contributed by atoms with Crippen molar-refractivity contribution in [2.45, 2.75) is 64.8 Å². The molecule has 0 saturated carbocycles. The van der Waals surface area contributed by atoms with E-state index in [0.717, 1.165) is 44.6 Å². The van der Waals surface area contributed by atoms with E-state index in [4.69, 9.17) is 9.98 Å². The van der Waals surface area contributed by atoms with Gasteiger partial charge in [-0.1, -0.05) is 20.8 Å². The molecule has 6 heteroatoms. The molecule has 0 radical (unpaired) electrons. The van der Waals surface area contributed by atoms with Gasteiger partial charge in [-0.05, 0) is 39.3 Å². The molecule has 0 spiro atoms. The van der Waals surface area contributed by atoms with Gasteiger partial charge in [0.15, 0.2) is 5.96 Å². The lowest BCUT2D eigenvalue weighted by Crippen LogP contribution is -2.42. The van der Waals surface area contributed by atoms with Crippen LogP contribution in [0.3, 0.4) is 0 Å². The summed E-state index contributed by atoms with van der Waals surface area (Å²) in [7, 11) is 0. The summed E-state index contributed by atoms with van der Waals surface area (Å²) in [5.41, 5.74) is 1.33. The van der Waals surface area contributed by atoms with Gasteiger partial charge in [0.25, 0.3) is 0 Å². The van der Waals surface area contributed by atoms with Crippen molar-refractivity contribution >= 4 is 17.3 Å². The Morgan fingerprint density at radius 3 is 2.73 bits per heavy atom. The molecule has 5 nitrogen and oxygen atoms in total. The Hall–Kier alpha value is -1.14. The van der Waals surface area contributed by atoms with E-state index >= 15 is 0 Å². The highest BCUT2D eigenvalue weighted by Crippen LogP contribution is 2.24. The molecule has 1 atom stereocenters. The van der Waals surface area contributed by atoms with Crippen LogP contribution in [0.1, 0.15) is 57.7 Å². The molecule has 26 heavy (non-hydrogen) atoms. The second kappa shape index (κ2) is 8.70. The Labute approximate surface area is 162 Å². The smallest absolute Gasteiger partial charge is 0.193 e. The number of aromatic nitrogens is 1. The van der Waals surface area contributed by atoms with Crippen LogP contribution in [-0.2, 0) is 11.8 Å². The molecule has 0 aliphatic carbocycles. The largest absolute Gasteiger partial charge is 0.357 e. The van der Waals surface area contributed by atoms with Gasteiger partial charge in [0, 0.05) is 49.4 Å². The maximum absolute atomic E-state index is 4.90. The Bertz CT molecular complexity index is 598. The van der Waals surface area contributed by atoms with E-state index in [1.165, 1.54) is 43.1 Å². The van der Waals surface area contributed by atoms with Gasteiger partial charge in [0.1, 0.15) is 0 Å². The first-order valence-corrected chi connectivity index (χ1v) is 11.1. The summed E-state index contributed by atoms with van der Waals surface area (Å²) in [4.78, 5) is 14.8. The van der Waals surface area contributed by atoms with Crippen LogP contribution >= 0.6 is 11.3 Å². The van der Waals surface area contributed by atoms with Gasteiger partial charge in [0.2, 0.25) is 0 Å². The van der Waals surface area contributed by atoms with Crippen LogP contribution in [0, 0.1) is 0 Å². The molecule has 0 bridgehead atoms. The maximum Gasteiger partial charge on any atom is 0.193 e. The van der Waals surface area contributed by atoms with E-state index in [-0.39, 0.29) is 5.41 Å². The van der Waals surface area contributed by atoms with Crippen molar-refractivity contribution in [3.63, 3.8) is 0 Å². The van der Waals surface area contributed by atoms with Crippen molar-refractivity contribution in [2.24, 2.45) is 4.99 Å². The van der Waals surface area contributed by atoms with Gasteiger partial charge >= 0.3 is 0 Å². The first kappa shape index (κ1) is 19.6. The van der Waals surface area contributed by atoms with Crippen molar-refractivity contribution in [3.8, 4) is 0 Å². The number of nitrogens with zero attached hydrogens (tertiary/aromatic N) is 4. The third-order valence-electron chi connectivity index (χ3n) is 5.36. The highest BCUT2D eigenvalue weighted by atomic mass is 32.1. The first-order chi connectivity index (χ1) is 12.5. The van der Waals surface area contributed by atoms with Crippen molar-refractivity contribution < 1.29 is 0 Å². The third kappa shape index (κ3) is 4.97. The van der Waals surface area contributed by atoms with Gasteiger partial charge in [-0.25, -0.2) is 4.98 Å². The van der Waals surface area contributed by atoms with Gasteiger partial charge in [-0.15, -0.1) is 11.3 Å². The lowest BCUT2D eigenvalue weighted by atomic mass is 9.93. The van der Waals surface area contributed by atoms with Crippen molar-refractivity contribution in [1.29, 1.82) is 0 Å². The lowest BCUT2D eigenvalue weighted by Gasteiger charge is -2.25. The minimum Gasteiger partial charge on any atom is -0.357 e. The number of hydrogen-bond acceptors (Lipinski definition) is 4. The molecule has 1 aromatic rings. The molecule has 2 saturated heterocycles. The zero-order chi connectivity index (χ0) is 18.6. The minimum absolute atomic E-state index is 0.132. The number of likely N-dealkylation sites (tertiary alicyclic amines) is 2. The molecule has 146 valence electrons. The van der Waals surface area contributed by atoms with Crippen molar-refractivity contribution in [2.75, 3.05) is 39.3 Å². The third-order valence-corrected chi connectivity index (χ3v) is 6.27. The molecule has 0 amide bonds. The van der Waals surface area contributed by atoms with Gasteiger partial charge in [-0.3, -0.25) is 9.89 Å². The number of thiazole rings is 1. The van der Waals surface area contributed by atoms with Crippen LogP contribution in [0.15, 0.2) is 10.4 Å². The summed E-state index contributed by atoms with van der Waals surface area (Å²) in [5, 5.41) is 6.89. The molecule has 3 heterocycles. The van der Waals surface area contributed by atoms with Crippen LogP contribution in [0.2, 0.25) is 0 Å². The second-order valence-electron chi connectivity index (χ2n) is 8.49. The predicted octanol–water partition coefficient (Wildman–Crippen LogP) is 3.12.